The number of aromatic nitrogens is 1. The molecule has 1 aromatic heterocycles. The zero-order chi connectivity index (χ0) is 20.8. The van der Waals surface area contributed by atoms with E-state index in [0.717, 1.165) is 42.5 Å². The highest BCUT2D eigenvalue weighted by Crippen LogP contribution is 2.32. The van der Waals surface area contributed by atoms with Crippen molar-refractivity contribution in [3.05, 3.63) is 41.3 Å². The molecule has 1 saturated carbocycles. The number of fused-ring (bicyclic) bond motifs is 1. The number of hydrogen-bond donors (Lipinski definition) is 1. The van der Waals surface area contributed by atoms with E-state index in [4.69, 9.17) is 14.0 Å². The number of carbonyl (C=O) groups excluding carboxylic acids is 1. The van der Waals surface area contributed by atoms with Gasteiger partial charge in [-0.1, -0.05) is 37.4 Å². The molecule has 162 valence electrons. The third kappa shape index (κ3) is 5.33. The molecule has 1 amide bonds. The van der Waals surface area contributed by atoms with Gasteiger partial charge in [-0.3, -0.25) is 9.69 Å². The Bertz CT molecular complexity index is 845. The number of ether oxygens (including phenoxy) is 2. The second-order valence-corrected chi connectivity index (χ2v) is 8.29. The molecule has 0 radical (unpaired) electrons. The fourth-order valence-electron chi connectivity index (χ4n) is 4.32. The normalized spacial score (nSPS) is 16.2. The number of amides is 1. The van der Waals surface area contributed by atoms with Gasteiger partial charge in [0, 0.05) is 19.2 Å². The van der Waals surface area contributed by atoms with Gasteiger partial charge < -0.3 is 19.3 Å². The Morgan fingerprint density at radius 1 is 1.17 bits per heavy atom. The molecule has 0 spiro atoms. The van der Waals surface area contributed by atoms with E-state index in [9.17, 15) is 4.79 Å². The van der Waals surface area contributed by atoms with Crippen molar-refractivity contribution in [2.24, 2.45) is 5.92 Å². The van der Waals surface area contributed by atoms with Gasteiger partial charge in [-0.05, 0) is 49.4 Å². The highest BCUT2D eigenvalue weighted by Gasteiger charge is 2.20. The second-order valence-electron chi connectivity index (χ2n) is 8.29. The molecule has 7 nitrogen and oxygen atoms in total. The lowest BCUT2D eigenvalue weighted by Gasteiger charge is -2.28. The van der Waals surface area contributed by atoms with Crippen LogP contribution in [-0.4, -0.2) is 35.8 Å². The van der Waals surface area contributed by atoms with Crippen molar-refractivity contribution < 1.29 is 18.8 Å². The van der Waals surface area contributed by atoms with Crippen molar-refractivity contribution in [3.63, 3.8) is 0 Å². The first kappa shape index (κ1) is 20.7. The average molecular weight is 414 g/mol. The zero-order valence-electron chi connectivity index (χ0n) is 17.7. The first-order valence-corrected chi connectivity index (χ1v) is 11.1. The quantitative estimate of drug-likeness (QED) is 0.666. The van der Waals surface area contributed by atoms with E-state index in [1.54, 1.807) is 6.07 Å². The minimum absolute atomic E-state index is 0.239. The Morgan fingerprint density at radius 2 is 2.00 bits per heavy atom. The van der Waals surface area contributed by atoms with Crippen LogP contribution in [0.15, 0.2) is 28.8 Å². The van der Waals surface area contributed by atoms with Crippen LogP contribution in [0.3, 0.4) is 0 Å². The molecule has 2 aromatic rings. The van der Waals surface area contributed by atoms with E-state index in [0.29, 0.717) is 24.5 Å². The molecule has 2 heterocycles. The Morgan fingerprint density at radius 3 is 2.83 bits per heavy atom. The molecule has 0 unspecified atom stereocenters. The molecular weight excluding hydrogens is 382 g/mol. The van der Waals surface area contributed by atoms with Crippen molar-refractivity contribution in [2.75, 3.05) is 19.9 Å². The molecule has 1 N–H and O–H groups in total. The lowest BCUT2D eigenvalue weighted by atomic mass is 9.89. The predicted molar refractivity (Wildman–Crippen MR) is 112 cm³/mol. The van der Waals surface area contributed by atoms with Crippen LogP contribution in [-0.2, 0) is 13.1 Å². The molecule has 0 bridgehead atoms. The van der Waals surface area contributed by atoms with Crippen molar-refractivity contribution in [2.45, 2.75) is 58.5 Å². The molecule has 0 saturated heterocycles. The Hall–Kier alpha value is -2.54. The summed E-state index contributed by atoms with van der Waals surface area (Å²) in [6.45, 7) is 5.66. The lowest BCUT2D eigenvalue weighted by Crippen LogP contribution is -2.30. The molecule has 2 aliphatic rings. The number of benzene rings is 1. The molecule has 1 fully saturated rings. The summed E-state index contributed by atoms with van der Waals surface area (Å²) in [5.41, 5.74) is 1.26. The Labute approximate surface area is 177 Å². The van der Waals surface area contributed by atoms with E-state index < -0.39 is 0 Å². The number of nitrogens with zero attached hydrogens (tertiary/aromatic N) is 2. The topological polar surface area (TPSA) is 76.8 Å². The predicted octanol–water partition coefficient (Wildman–Crippen LogP) is 4.13. The molecular formula is C23H31N3O4. The fraction of sp³-hybridized carbons (Fsp3) is 0.565. The van der Waals surface area contributed by atoms with Crippen LogP contribution in [0.5, 0.6) is 11.5 Å². The van der Waals surface area contributed by atoms with E-state index in [1.807, 2.05) is 18.2 Å². The fourth-order valence-corrected chi connectivity index (χ4v) is 4.32. The van der Waals surface area contributed by atoms with Crippen LogP contribution in [0.1, 0.15) is 67.3 Å². The second kappa shape index (κ2) is 9.98. The minimum atomic E-state index is -0.239. The van der Waals surface area contributed by atoms with Gasteiger partial charge in [0.05, 0.1) is 6.54 Å². The van der Waals surface area contributed by atoms with Crippen LogP contribution < -0.4 is 14.8 Å². The smallest absolute Gasteiger partial charge is 0.273 e. The average Bonchev–Trinajstić information content (AvgIpc) is 3.42. The van der Waals surface area contributed by atoms with Crippen LogP contribution in [0.2, 0.25) is 0 Å². The zero-order valence-corrected chi connectivity index (χ0v) is 17.7. The maximum absolute atomic E-state index is 12.5. The summed E-state index contributed by atoms with van der Waals surface area (Å²) in [7, 11) is 0. The molecule has 1 aromatic carbocycles. The Kier molecular flexibility index (Phi) is 6.89. The Balaban J connectivity index is 1.30. The van der Waals surface area contributed by atoms with Crippen molar-refractivity contribution >= 4 is 5.91 Å². The van der Waals surface area contributed by atoms with E-state index in [1.165, 1.54) is 32.1 Å². The number of carbonyl (C=O) groups is 1. The van der Waals surface area contributed by atoms with E-state index in [-0.39, 0.29) is 12.7 Å². The summed E-state index contributed by atoms with van der Waals surface area (Å²) < 4.78 is 16.2. The van der Waals surface area contributed by atoms with Gasteiger partial charge in [0.15, 0.2) is 23.0 Å². The van der Waals surface area contributed by atoms with E-state index >= 15 is 0 Å². The number of hydrogen-bond acceptors (Lipinski definition) is 6. The van der Waals surface area contributed by atoms with Crippen LogP contribution >= 0.6 is 0 Å². The third-order valence-electron chi connectivity index (χ3n) is 5.84. The first-order valence-electron chi connectivity index (χ1n) is 11.1. The SMILES string of the molecule is CCCN(Cc1cc(C(=O)NCc2ccc3c(c2)OCO3)no1)CC1CCCCC1. The van der Waals surface area contributed by atoms with Crippen molar-refractivity contribution in [3.8, 4) is 11.5 Å². The van der Waals surface area contributed by atoms with Gasteiger partial charge in [-0.2, -0.15) is 0 Å². The highest BCUT2D eigenvalue weighted by atomic mass is 16.7. The molecule has 4 rings (SSSR count). The highest BCUT2D eigenvalue weighted by molar-refractivity contribution is 5.92. The summed E-state index contributed by atoms with van der Waals surface area (Å²) in [4.78, 5) is 14.9. The number of nitrogens with one attached hydrogen (secondary N) is 1. The van der Waals surface area contributed by atoms with Crippen LogP contribution in [0, 0.1) is 5.92 Å². The summed E-state index contributed by atoms with van der Waals surface area (Å²) >= 11 is 0. The van der Waals surface area contributed by atoms with Crippen molar-refractivity contribution in [1.29, 1.82) is 0 Å². The monoisotopic (exact) mass is 413 g/mol. The molecule has 0 atom stereocenters. The first-order chi connectivity index (χ1) is 14.7. The maximum Gasteiger partial charge on any atom is 0.273 e. The largest absolute Gasteiger partial charge is 0.454 e. The summed E-state index contributed by atoms with van der Waals surface area (Å²) in [6, 6.07) is 7.41. The molecule has 30 heavy (non-hydrogen) atoms. The third-order valence-corrected chi connectivity index (χ3v) is 5.84. The van der Waals surface area contributed by atoms with Gasteiger partial charge in [-0.15, -0.1) is 0 Å². The van der Waals surface area contributed by atoms with Gasteiger partial charge in [0.1, 0.15) is 0 Å². The summed E-state index contributed by atoms with van der Waals surface area (Å²) in [6.07, 6.45) is 7.82. The van der Waals surface area contributed by atoms with E-state index in [2.05, 4.69) is 22.3 Å². The number of rotatable bonds is 9. The van der Waals surface area contributed by atoms with Crippen LogP contribution in [0.4, 0.5) is 0 Å². The van der Waals surface area contributed by atoms with Gasteiger partial charge >= 0.3 is 0 Å². The lowest BCUT2D eigenvalue weighted by molar-refractivity contribution is 0.0941. The standard InChI is InChI=1S/C23H31N3O4/c1-2-10-26(14-17-6-4-3-5-7-17)15-19-12-20(25-30-19)23(27)24-13-18-8-9-21-22(11-18)29-16-28-21/h8-9,11-12,17H,2-7,10,13-16H2,1H3,(H,24,27). The molecule has 1 aliphatic heterocycles. The van der Waals surface area contributed by atoms with Crippen molar-refractivity contribution in [1.82, 2.24) is 15.4 Å². The van der Waals surface area contributed by atoms with Gasteiger partial charge in [0.25, 0.3) is 5.91 Å². The van der Waals surface area contributed by atoms with Gasteiger partial charge in [0.2, 0.25) is 6.79 Å². The minimum Gasteiger partial charge on any atom is -0.454 e. The maximum atomic E-state index is 12.5. The molecule has 7 heteroatoms. The summed E-state index contributed by atoms with van der Waals surface area (Å²) in [5.74, 6) is 2.72. The summed E-state index contributed by atoms with van der Waals surface area (Å²) in [5, 5.41) is 6.88. The molecule has 1 aliphatic carbocycles. The van der Waals surface area contributed by atoms with Crippen LogP contribution in [0.25, 0.3) is 0 Å². The van der Waals surface area contributed by atoms with Gasteiger partial charge in [-0.25, -0.2) is 0 Å².